The van der Waals surface area contributed by atoms with Gasteiger partial charge in [-0.3, -0.25) is 4.79 Å². The first-order valence-electron chi connectivity index (χ1n) is 6.20. The van der Waals surface area contributed by atoms with Crippen LogP contribution in [0.4, 0.5) is 0 Å². The smallest absolute Gasteiger partial charge is 0.220 e. The van der Waals surface area contributed by atoms with Gasteiger partial charge in [0.1, 0.15) is 0 Å². The molecule has 0 aromatic rings. The number of nitrogens with one attached hydrogen (secondary N) is 1. The standard InChI is InChI=1S/C12H25NO3S/c1-10(2)5-7-17(15,16)8-6-13-12(14)9-11(3)4/h10-11H,5-9H2,1-4H3,(H,13,14). The number of carbonyl (C=O) groups is 1. The van der Waals surface area contributed by atoms with E-state index < -0.39 is 9.84 Å². The molecule has 0 bridgehead atoms. The van der Waals surface area contributed by atoms with Crippen LogP contribution in [0.2, 0.25) is 0 Å². The summed E-state index contributed by atoms with van der Waals surface area (Å²) in [5.74, 6) is 0.876. The van der Waals surface area contributed by atoms with Gasteiger partial charge in [0.05, 0.1) is 11.5 Å². The second-order valence-corrected chi connectivity index (χ2v) is 7.59. The molecule has 0 atom stereocenters. The minimum atomic E-state index is -3.02. The summed E-state index contributed by atoms with van der Waals surface area (Å²) in [5, 5.41) is 2.64. The molecule has 0 saturated heterocycles. The van der Waals surface area contributed by atoms with Gasteiger partial charge in [-0.1, -0.05) is 27.7 Å². The second-order valence-electron chi connectivity index (χ2n) is 5.28. The summed E-state index contributed by atoms with van der Waals surface area (Å²) in [4.78, 5) is 11.3. The SMILES string of the molecule is CC(C)CCS(=O)(=O)CCNC(=O)CC(C)C. The molecule has 0 aliphatic rings. The fourth-order valence-corrected chi connectivity index (χ4v) is 2.75. The maximum Gasteiger partial charge on any atom is 0.220 e. The average molecular weight is 263 g/mol. The van der Waals surface area contributed by atoms with Crippen molar-refractivity contribution in [2.75, 3.05) is 18.1 Å². The number of sulfone groups is 1. The Morgan fingerprint density at radius 1 is 1.06 bits per heavy atom. The third kappa shape index (κ3) is 10.3. The summed E-state index contributed by atoms with van der Waals surface area (Å²) >= 11 is 0. The van der Waals surface area contributed by atoms with E-state index in [4.69, 9.17) is 0 Å². The van der Waals surface area contributed by atoms with Crippen LogP contribution in [0, 0.1) is 11.8 Å². The third-order valence-corrected chi connectivity index (χ3v) is 4.02. The molecule has 1 N–H and O–H groups in total. The Hall–Kier alpha value is -0.580. The van der Waals surface area contributed by atoms with Gasteiger partial charge < -0.3 is 5.32 Å². The Morgan fingerprint density at radius 3 is 2.12 bits per heavy atom. The van der Waals surface area contributed by atoms with E-state index in [0.29, 0.717) is 24.7 Å². The van der Waals surface area contributed by atoms with Gasteiger partial charge in [-0.2, -0.15) is 0 Å². The lowest BCUT2D eigenvalue weighted by atomic mass is 10.1. The molecular formula is C12H25NO3S. The molecule has 0 spiro atoms. The monoisotopic (exact) mass is 263 g/mol. The Morgan fingerprint density at radius 2 is 1.65 bits per heavy atom. The molecule has 0 aromatic heterocycles. The number of carbonyl (C=O) groups excluding carboxylic acids is 1. The van der Waals surface area contributed by atoms with Crippen LogP contribution in [0.15, 0.2) is 0 Å². The lowest BCUT2D eigenvalue weighted by molar-refractivity contribution is -0.121. The predicted molar refractivity (Wildman–Crippen MR) is 70.6 cm³/mol. The first-order valence-corrected chi connectivity index (χ1v) is 8.02. The topological polar surface area (TPSA) is 63.2 Å². The molecule has 0 heterocycles. The molecule has 0 radical (unpaired) electrons. The van der Waals surface area contributed by atoms with Gasteiger partial charge in [-0.15, -0.1) is 0 Å². The van der Waals surface area contributed by atoms with Crippen LogP contribution in [0.1, 0.15) is 40.5 Å². The number of amides is 1. The fourth-order valence-electron chi connectivity index (χ4n) is 1.31. The van der Waals surface area contributed by atoms with Crippen molar-refractivity contribution in [2.45, 2.75) is 40.5 Å². The van der Waals surface area contributed by atoms with Gasteiger partial charge in [0.25, 0.3) is 0 Å². The average Bonchev–Trinajstić information content (AvgIpc) is 2.13. The highest BCUT2D eigenvalue weighted by molar-refractivity contribution is 7.91. The molecule has 1 amide bonds. The molecule has 5 heteroatoms. The van der Waals surface area contributed by atoms with E-state index in [0.717, 1.165) is 0 Å². The summed E-state index contributed by atoms with van der Waals surface area (Å²) in [6.45, 7) is 8.14. The molecular weight excluding hydrogens is 238 g/mol. The Balaban J connectivity index is 3.83. The zero-order valence-electron chi connectivity index (χ0n) is 11.3. The lowest BCUT2D eigenvalue weighted by Crippen LogP contribution is -2.30. The molecule has 0 unspecified atom stereocenters. The number of rotatable bonds is 8. The summed E-state index contributed by atoms with van der Waals surface area (Å²) in [6, 6.07) is 0. The zero-order chi connectivity index (χ0) is 13.5. The van der Waals surface area contributed by atoms with Crippen molar-refractivity contribution in [1.29, 1.82) is 0 Å². The highest BCUT2D eigenvalue weighted by atomic mass is 32.2. The number of hydrogen-bond donors (Lipinski definition) is 1. The van der Waals surface area contributed by atoms with E-state index in [2.05, 4.69) is 5.32 Å². The number of hydrogen-bond acceptors (Lipinski definition) is 3. The first kappa shape index (κ1) is 16.4. The molecule has 0 aliphatic heterocycles. The van der Waals surface area contributed by atoms with Crippen LogP contribution >= 0.6 is 0 Å². The van der Waals surface area contributed by atoms with Crippen molar-refractivity contribution in [1.82, 2.24) is 5.32 Å². The molecule has 102 valence electrons. The van der Waals surface area contributed by atoms with Crippen LogP contribution in [0.5, 0.6) is 0 Å². The summed E-state index contributed by atoms with van der Waals surface area (Å²) in [7, 11) is -3.02. The predicted octanol–water partition coefficient (Wildman–Crippen LogP) is 1.61. The van der Waals surface area contributed by atoms with Crippen molar-refractivity contribution in [2.24, 2.45) is 11.8 Å². The molecule has 0 fully saturated rings. The Kier molecular flexibility index (Phi) is 7.43. The van der Waals surface area contributed by atoms with Crippen molar-refractivity contribution in [3.8, 4) is 0 Å². The van der Waals surface area contributed by atoms with E-state index in [1.165, 1.54) is 0 Å². The van der Waals surface area contributed by atoms with Gasteiger partial charge in [0.15, 0.2) is 9.84 Å². The minimum absolute atomic E-state index is 0.0452. The van der Waals surface area contributed by atoms with Crippen LogP contribution in [-0.4, -0.2) is 32.4 Å². The van der Waals surface area contributed by atoms with Crippen LogP contribution in [-0.2, 0) is 14.6 Å². The van der Waals surface area contributed by atoms with E-state index in [-0.39, 0.29) is 24.0 Å². The maximum absolute atomic E-state index is 11.6. The molecule has 17 heavy (non-hydrogen) atoms. The summed E-state index contributed by atoms with van der Waals surface area (Å²) in [6.07, 6.45) is 1.13. The van der Waals surface area contributed by atoms with Gasteiger partial charge in [-0.25, -0.2) is 8.42 Å². The molecule has 4 nitrogen and oxygen atoms in total. The Labute approximate surface area is 105 Å². The second kappa shape index (κ2) is 7.69. The zero-order valence-corrected chi connectivity index (χ0v) is 12.1. The highest BCUT2D eigenvalue weighted by Crippen LogP contribution is 2.03. The van der Waals surface area contributed by atoms with E-state index >= 15 is 0 Å². The summed E-state index contributed by atoms with van der Waals surface area (Å²) < 4.78 is 23.2. The van der Waals surface area contributed by atoms with Crippen LogP contribution < -0.4 is 5.32 Å². The van der Waals surface area contributed by atoms with Gasteiger partial charge in [0.2, 0.25) is 5.91 Å². The van der Waals surface area contributed by atoms with Crippen molar-refractivity contribution in [3.63, 3.8) is 0 Å². The minimum Gasteiger partial charge on any atom is -0.355 e. The van der Waals surface area contributed by atoms with Gasteiger partial charge in [-0.05, 0) is 18.3 Å². The van der Waals surface area contributed by atoms with Crippen LogP contribution in [0.3, 0.4) is 0 Å². The summed E-state index contributed by atoms with van der Waals surface area (Å²) in [5.41, 5.74) is 0. The Bertz CT molecular complexity index is 321. The normalized spacial score (nSPS) is 12.1. The van der Waals surface area contributed by atoms with E-state index in [1.807, 2.05) is 27.7 Å². The van der Waals surface area contributed by atoms with Crippen molar-refractivity contribution in [3.05, 3.63) is 0 Å². The quantitative estimate of drug-likeness (QED) is 0.723. The highest BCUT2D eigenvalue weighted by Gasteiger charge is 2.12. The van der Waals surface area contributed by atoms with Crippen LogP contribution in [0.25, 0.3) is 0 Å². The van der Waals surface area contributed by atoms with Gasteiger partial charge >= 0.3 is 0 Å². The van der Waals surface area contributed by atoms with Crippen molar-refractivity contribution >= 4 is 15.7 Å². The third-order valence-electron chi connectivity index (χ3n) is 2.34. The maximum atomic E-state index is 11.6. The van der Waals surface area contributed by atoms with E-state index in [9.17, 15) is 13.2 Å². The lowest BCUT2D eigenvalue weighted by Gasteiger charge is -2.08. The fraction of sp³-hybridized carbons (Fsp3) is 0.917. The largest absolute Gasteiger partial charge is 0.355 e. The van der Waals surface area contributed by atoms with Gasteiger partial charge in [0, 0.05) is 13.0 Å². The molecule has 0 aliphatic carbocycles. The van der Waals surface area contributed by atoms with E-state index in [1.54, 1.807) is 0 Å². The molecule has 0 rings (SSSR count). The van der Waals surface area contributed by atoms with Crippen molar-refractivity contribution < 1.29 is 13.2 Å². The first-order chi connectivity index (χ1) is 7.73. The molecule has 0 aromatic carbocycles. The molecule has 0 saturated carbocycles.